The number of aryl methyl sites for hydroxylation is 1. The highest BCUT2D eigenvalue weighted by molar-refractivity contribution is 7.99. The summed E-state index contributed by atoms with van der Waals surface area (Å²) in [6.45, 7) is 1.96. The number of aromatic nitrogens is 2. The molecule has 0 aliphatic carbocycles. The number of nitrogens with zero attached hydrogens (tertiary/aromatic N) is 2. The number of carbonyl (C=O) groups is 1. The van der Waals surface area contributed by atoms with Crippen molar-refractivity contribution in [3.8, 4) is 5.69 Å². The maximum absolute atomic E-state index is 13.4. The Morgan fingerprint density at radius 3 is 2.73 bits per heavy atom. The molecule has 0 aliphatic rings. The van der Waals surface area contributed by atoms with Gasteiger partial charge in [-0.3, -0.25) is 14.2 Å². The normalized spacial score (nSPS) is 10.5. The minimum atomic E-state index is -0.433. The maximum atomic E-state index is 13.4. The minimum absolute atomic E-state index is 0.0449. The summed E-state index contributed by atoms with van der Waals surface area (Å²) in [5.41, 5.74) is 1.80. The van der Waals surface area contributed by atoms with Gasteiger partial charge in [0, 0.05) is 18.1 Å². The van der Waals surface area contributed by atoms with Gasteiger partial charge >= 0.3 is 0 Å². The van der Waals surface area contributed by atoms with E-state index in [1.807, 2.05) is 31.2 Å². The fraction of sp³-hybridized carbons (Fsp3) is 0.105. The predicted octanol–water partition coefficient (Wildman–Crippen LogP) is 3.41. The van der Waals surface area contributed by atoms with E-state index in [-0.39, 0.29) is 16.7 Å². The van der Waals surface area contributed by atoms with Gasteiger partial charge in [0.2, 0.25) is 5.91 Å². The summed E-state index contributed by atoms with van der Waals surface area (Å²) in [5, 5.41) is 2.94. The van der Waals surface area contributed by atoms with E-state index in [0.717, 1.165) is 17.3 Å². The van der Waals surface area contributed by atoms with Crippen LogP contribution in [0.4, 0.5) is 10.1 Å². The lowest BCUT2D eigenvalue weighted by Crippen LogP contribution is -2.22. The van der Waals surface area contributed by atoms with Crippen molar-refractivity contribution in [3.05, 3.63) is 82.7 Å². The number of thioether (sulfide) groups is 1. The molecule has 1 heterocycles. The topological polar surface area (TPSA) is 64.0 Å². The zero-order valence-corrected chi connectivity index (χ0v) is 14.8. The second-order valence-electron chi connectivity index (χ2n) is 5.59. The van der Waals surface area contributed by atoms with Crippen molar-refractivity contribution < 1.29 is 9.18 Å². The van der Waals surface area contributed by atoms with Crippen molar-refractivity contribution in [1.82, 2.24) is 9.55 Å². The van der Waals surface area contributed by atoms with Crippen LogP contribution in [0.5, 0.6) is 0 Å². The molecule has 0 radical (unpaired) electrons. The highest BCUT2D eigenvalue weighted by atomic mass is 32.2. The number of hydrogen-bond acceptors (Lipinski definition) is 4. The smallest absolute Gasteiger partial charge is 0.287 e. The highest BCUT2D eigenvalue weighted by Gasteiger charge is 2.10. The summed E-state index contributed by atoms with van der Waals surface area (Å²) < 4.78 is 14.7. The monoisotopic (exact) mass is 369 g/mol. The van der Waals surface area contributed by atoms with Crippen LogP contribution in [-0.2, 0) is 4.79 Å². The lowest BCUT2D eigenvalue weighted by atomic mass is 10.2. The fourth-order valence-electron chi connectivity index (χ4n) is 2.29. The van der Waals surface area contributed by atoms with Gasteiger partial charge in [0.25, 0.3) is 5.56 Å². The molecule has 1 N–H and O–H groups in total. The number of halogens is 1. The SMILES string of the molecule is Cc1ccc(NC(=O)CSc2nccn(-c3cccc(F)c3)c2=O)cc1. The van der Waals surface area contributed by atoms with E-state index >= 15 is 0 Å². The maximum Gasteiger partial charge on any atom is 0.287 e. The van der Waals surface area contributed by atoms with Crippen LogP contribution in [0.2, 0.25) is 0 Å². The van der Waals surface area contributed by atoms with Crippen molar-refractivity contribution in [2.45, 2.75) is 11.9 Å². The lowest BCUT2D eigenvalue weighted by Gasteiger charge is -2.08. The molecule has 0 bridgehead atoms. The van der Waals surface area contributed by atoms with Gasteiger partial charge in [0.15, 0.2) is 5.03 Å². The molecule has 5 nitrogen and oxygen atoms in total. The van der Waals surface area contributed by atoms with Crippen LogP contribution in [0.15, 0.2) is 70.7 Å². The fourth-order valence-corrected chi connectivity index (χ4v) is 2.99. The molecule has 26 heavy (non-hydrogen) atoms. The highest BCUT2D eigenvalue weighted by Crippen LogP contribution is 2.14. The van der Waals surface area contributed by atoms with Crippen molar-refractivity contribution >= 4 is 23.4 Å². The van der Waals surface area contributed by atoms with E-state index in [0.29, 0.717) is 11.4 Å². The molecule has 1 aromatic heterocycles. The molecular weight excluding hydrogens is 353 g/mol. The second-order valence-corrected chi connectivity index (χ2v) is 6.55. The first-order chi connectivity index (χ1) is 12.5. The van der Waals surface area contributed by atoms with E-state index in [9.17, 15) is 14.0 Å². The van der Waals surface area contributed by atoms with Crippen molar-refractivity contribution in [2.24, 2.45) is 0 Å². The van der Waals surface area contributed by atoms with Gasteiger partial charge in [-0.2, -0.15) is 0 Å². The van der Waals surface area contributed by atoms with Gasteiger partial charge in [-0.05, 0) is 37.3 Å². The summed E-state index contributed by atoms with van der Waals surface area (Å²) in [4.78, 5) is 28.6. The number of hydrogen-bond donors (Lipinski definition) is 1. The molecule has 0 saturated carbocycles. The Hall–Kier alpha value is -2.93. The van der Waals surface area contributed by atoms with Crippen LogP contribution in [0.25, 0.3) is 5.69 Å². The number of rotatable bonds is 5. The third-order valence-electron chi connectivity index (χ3n) is 3.57. The Kier molecular flexibility index (Phi) is 5.48. The molecule has 0 aliphatic heterocycles. The number of anilines is 1. The summed E-state index contributed by atoms with van der Waals surface area (Å²) in [6.07, 6.45) is 2.92. The third-order valence-corrected chi connectivity index (χ3v) is 4.53. The van der Waals surface area contributed by atoms with E-state index in [4.69, 9.17) is 0 Å². The van der Waals surface area contributed by atoms with Crippen LogP contribution >= 0.6 is 11.8 Å². The van der Waals surface area contributed by atoms with Gasteiger partial charge in [0.05, 0.1) is 11.4 Å². The molecule has 7 heteroatoms. The Bertz CT molecular complexity index is 987. The zero-order valence-electron chi connectivity index (χ0n) is 14.0. The summed E-state index contributed by atoms with van der Waals surface area (Å²) in [6, 6.07) is 13.2. The average molecular weight is 369 g/mol. The number of amides is 1. The Morgan fingerprint density at radius 1 is 1.23 bits per heavy atom. The van der Waals surface area contributed by atoms with Gasteiger partial charge < -0.3 is 5.32 Å². The average Bonchev–Trinajstić information content (AvgIpc) is 2.63. The predicted molar refractivity (Wildman–Crippen MR) is 100 cm³/mol. The quantitative estimate of drug-likeness (QED) is 0.700. The number of benzene rings is 2. The Morgan fingerprint density at radius 2 is 2.00 bits per heavy atom. The summed E-state index contributed by atoms with van der Waals surface area (Å²) >= 11 is 1.04. The van der Waals surface area contributed by atoms with Crippen molar-refractivity contribution in [1.29, 1.82) is 0 Å². The first-order valence-corrected chi connectivity index (χ1v) is 8.84. The molecule has 0 saturated heterocycles. The number of carbonyl (C=O) groups excluding carboxylic acids is 1. The summed E-state index contributed by atoms with van der Waals surface area (Å²) in [7, 11) is 0. The van der Waals surface area contributed by atoms with E-state index in [1.165, 1.54) is 35.2 Å². The standard InChI is InChI=1S/C19H16FN3O2S/c1-13-5-7-15(8-6-13)22-17(24)12-26-18-19(25)23(10-9-21-18)16-4-2-3-14(20)11-16/h2-11H,12H2,1H3,(H,22,24). The van der Waals surface area contributed by atoms with E-state index in [2.05, 4.69) is 10.3 Å². The van der Waals surface area contributed by atoms with Crippen LogP contribution in [0.1, 0.15) is 5.56 Å². The van der Waals surface area contributed by atoms with Crippen LogP contribution in [0.3, 0.4) is 0 Å². The van der Waals surface area contributed by atoms with Crippen LogP contribution < -0.4 is 10.9 Å². The molecular formula is C19H16FN3O2S. The van der Waals surface area contributed by atoms with Gasteiger partial charge in [-0.1, -0.05) is 35.5 Å². The summed E-state index contributed by atoms with van der Waals surface area (Å²) in [5.74, 6) is -0.623. The van der Waals surface area contributed by atoms with Crippen molar-refractivity contribution in [2.75, 3.05) is 11.1 Å². The molecule has 2 aromatic carbocycles. The minimum Gasteiger partial charge on any atom is -0.325 e. The number of nitrogens with one attached hydrogen (secondary N) is 1. The van der Waals surface area contributed by atoms with E-state index < -0.39 is 11.4 Å². The largest absolute Gasteiger partial charge is 0.325 e. The second kappa shape index (κ2) is 7.97. The first kappa shape index (κ1) is 17.9. The van der Waals surface area contributed by atoms with Crippen LogP contribution in [-0.4, -0.2) is 21.2 Å². The molecule has 0 fully saturated rings. The Labute approximate surface area is 153 Å². The third kappa shape index (κ3) is 4.37. The molecule has 0 atom stereocenters. The van der Waals surface area contributed by atoms with Crippen molar-refractivity contribution in [3.63, 3.8) is 0 Å². The van der Waals surface area contributed by atoms with Gasteiger partial charge in [0.1, 0.15) is 5.82 Å². The van der Waals surface area contributed by atoms with Gasteiger partial charge in [-0.25, -0.2) is 9.37 Å². The first-order valence-electron chi connectivity index (χ1n) is 7.86. The Balaban J connectivity index is 1.70. The molecule has 3 rings (SSSR count). The van der Waals surface area contributed by atoms with Crippen LogP contribution in [0, 0.1) is 12.7 Å². The molecule has 0 spiro atoms. The molecule has 0 unspecified atom stereocenters. The van der Waals surface area contributed by atoms with Gasteiger partial charge in [-0.15, -0.1) is 0 Å². The lowest BCUT2D eigenvalue weighted by molar-refractivity contribution is -0.113. The molecule has 3 aromatic rings. The zero-order chi connectivity index (χ0) is 18.5. The molecule has 1 amide bonds. The molecule has 132 valence electrons. The van der Waals surface area contributed by atoms with E-state index in [1.54, 1.807) is 6.07 Å².